The lowest BCUT2D eigenvalue weighted by Gasteiger charge is -2.15. The third-order valence-corrected chi connectivity index (χ3v) is 4.65. The first-order valence-corrected chi connectivity index (χ1v) is 8.40. The van der Waals surface area contributed by atoms with Crippen LogP contribution in [0.3, 0.4) is 0 Å². The van der Waals surface area contributed by atoms with Crippen LogP contribution in [0.4, 0.5) is 0 Å². The number of ether oxygens (including phenoxy) is 1. The van der Waals surface area contributed by atoms with Crippen molar-refractivity contribution in [3.05, 3.63) is 61.6 Å². The maximum atomic E-state index is 10.6. The number of aliphatic hydroxyl groups is 1. The van der Waals surface area contributed by atoms with Crippen molar-refractivity contribution in [1.82, 2.24) is 0 Å². The molecule has 1 saturated carbocycles. The van der Waals surface area contributed by atoms with E-state index in [0.717, 1.165) is 37.8 Å². The van der Waals surface area contributed by atoms with Gasteiger partial charge in [-0.05, 0) is 71.3 Å². The van der Waals surface area contributed by atoms with Crippen molar-refractivity contribution in [3.8, 4) is 5.75 Å². The van der Waals surface area contributed by atoms with Gasteiger partial charge in [-0.3, -0.25) is 0 Å². The molecule has 104 valence electrons. The lowest BCUT2D eigenvalue weighted by Crippen LogP contribution is -2.02. The van der Waals surface area contributed by atoms with E-state index >= 15 is 0 Å². The van der Waals surface area contributed by atoms with E-state index in [1.54, 1.807) is 0 Å². The quantitative estimate of drug-likeness (QED) is 0.694. The summed E-state index contributed by atoms with van der Waals surface area (Å²) in [5, 5.41) is 10.6. The zero-order valence-corrected chi connectivity index (χ0v) is 14.5. The summed E-state index contributed by atoms with van der Waals surface area (Å²) in [5.41, 5.74) is 1.73. The van der Waals surface area contributed by atoms with Gasteiger partial charge in [0.1, 0.15) is 11.9 Å². The first kappa shape index (κ1) is 14.4. The molecule has 0 spiro atoms. The average molecular weight is 445 g/mol. The maximum absolute atomic E-state index is 10.6. The van der Waals surface area contributed by atoms with Crippen molar-refractivity contribution in [3.63, 3.8) is 0 Å². The molecule has 0 aromatic heterocycles. The molecule has 0 amide bonds. The summed E-state index contributed by atoms with van der Waals surface area (Å²) < 4.78 is 7.80. The molecular formula is C16H14BrIO2. The normalized spacial score (nSPS) is 15.9. The lowest BCUT2D eigenvalue weighted by atomic mass is 10.0. The Balaban J connectivity index is 1.88. The van der Waals surface area contributed by atoms with Gasteiger partial charge in [0.15, 0.2) is 0 Å². The number of hydrogen-bond acceptors (Lipinski definition) is 2. The van der Waals surface area contributed by atoms with Crippen LogP contribution in [0.15, 0.2) is 46.9 Å². The van der Waals surface area contributed by atoms with E-state index in [0.29, 0.717) is 6.10 Å². The van der Waals surface area contributed by atoms with Crippen LogP contribution in [0, 0.1) is 3.57 Å². The first-order valence-electron chi connectivity index (χ1n) is 6.53. The summed E-state index contributed by atoms with van der Waals surface area (Å²) in [6, 6.07) is 13.7. The largest absolute Gasteiger partial charge is 0.490 e. The van der Waals surface area contributed by atoms with Gasteiger partial charge in [0.25, 0.3) is 0 Å². The van der Waals surface area contributed by atoms with E-state index in [4.69, 9.17) is 4.74 Å². The molecule has 0 aliphatic heterocycles. The Labute approximate surface area is 140 Å². The molecule has 4 heteroatoms. The van der Waals surface area contributed by atoms with Crippen molar-refractivity contribution >= 4 is 38.5 Å². The standard InChI is InChI=1S/C16H14BrIO2/c17-15-7-4-11(18)9-14(15)16(19)10-2-1-3-13(8-10)20-12-5-6-12/h1-4,7-9,12,16,19H,5-6H2. The second-order valence-corrected chi connectivity index (χ2v) is 7.06. The molecule has 1 fully saturated rings. The van der Waals surface area contributed by atoms with Gasteiger partial charge in [-0.15, -0.1) is 0 Å². The van der Waals surface area contributed by atoms with Crippen LogP contribution in [0.5, 0.6) is 5.75 Å². The van der Waals surface area contributed by atoms with Gasteiger partial charge in [0, 0.05) is 13.6 Å². The fourth-order valence-corrected chi connectivity index (χ4v) is 3.02. The summed E-state index contributed by atoms with van der Waals surface area (Å²) in [6.07, 6.45) is 1.98. The molecule has 2 nitrogen and oxygen atoms in total. The van der Waals surface area contributed by atoms with Gasteiger partial charge < -0.3 is 9.84 Å². The summed E-state index contributed by atoms with van der Waals surface area (Å²) >= 11 is 5.75. The van der Waals surface area contributed by atoms with Crippen LogP contribution in [-0.4, -0.2) is 11.2 Å². The molecule has 2 aromatic rings. The zero-order valence-electron chi connectivity index (χ0n) is 10.7. The predicted octanol–water partition coefficient (Wildman–Crippen LogP) is 4.68. The summed E-state index contributed by atoms with van der Waals surface area (Å²) in [7, 11) is 0. The molecule has 2 aromatic carbocycles. The highest BCUT2D eigenvalue weighted by molar-refractivity contribution is 14.1. The number of halogens is 2. The number of hydrogen-bond donors (Lipinski definition) is 1. The highest BCUT2D eigenvalue weighted by atomic mass is 127. The summed E-state index contributed by atoms with van der Waals surface area (Å²) in [6.45, 7) is 0. The molecule has 0 heterocycles. The molecule has 0 radical (unpaired) electrons. The fourth-order valence-electron chi connectivity index (χ4n) is 2.04. The van der Waals surface area contributed by atoms with Crippen LogP contribution < -0.4 is 4.74 Å². The smallest absolute Gasteiger partial charge is 0.120 e. The second-order valence-electron chi connectivity index (χ2n) is 4.96. The topological polar surface area (TPSA) is 29.5 Å². The second kappa shape index (κ2) is 6.03. The minimum Gasteiger partial charge on any atom is -0.490 e. The van der Waals surface area contributed by atoms with Gasteiger partial charge in [0.05, 0.1) is 6.10 Å². The van der Waals surface area contributed by atoms with E-state index in [-0.39, 0.29) is 0 Å². The van der Waals surface area contributed by atoms with E-state index in [9.17, 15) is 5.11 Å². The van der Waals surface area contributed by atoms with Crippen LogP contribution in [0.25, 0.3) is 0 Å². The van der Waals surface area contributed by atoms with Crippen LogP contribution in [0.2, 0.25) is 0 Å². The van der Waals surface area contributed by atoms with Crippen molar-refractivity contribution in [2.75, 3.05) is 0 Å². The Kier molecular flexibility index (Phi) is 4.33. The number of benzene rings is 2. The molecule has 1 unspecified atom stereocenters. The van der Waals surface area contributed by atoms with Gasteiger partial charge in [0.2, 0.25) is 0 Å². The summed E-state index contributed by atoms with van der Waals surface area (Å²) in [4.78, 5) is 0. The van der Waals surface area contributed by atoms with Gasteiger partial charge in [-0.2, -0.15) is 0 Å². The van der Waals surface area contributed by atoms with E-state index in [1.807, 2.05) is 42.5 Å². The zero-order chi connectivity index (χ0) is 14.1. The Morgan fingerprint density at radius 1 is 1.20 bits per heavy atom. The van der Waals surface area contributed by atoms with Crippen LogP contribution in [-0.2, 0) is 0 Å². The third-order valence-electron chi connectivity index (χ3n) is 3.25. The van der Waals surface area contributed by atoms with Crippen molar-refractivity contribution < 1.29 is 9.84 Å². The summed E-state index contributed by atoms with van der Waals surface area (Å²) in [5.74, 6) is 0.839. The molecule has 1 N–H and O–H groups in total. The number of aliphatic hydroxyl groups excluding tert-OH is 1. The molecule has 1 aliphatic carbocycles. The fraction of sp³-hybridized carbons (Fsp3) is 0.250. The Hall–Kier alpha value is -0.590. The van der Waals surface area contributed by atoms with E-state index in [1.165, 1.54) is 0 Å². The Bertz CT molecular complexity index is 626. The van der Waals surface area contributed by atoms with Crippen molar-refractivity contribution in [2.45, 2.75) is 25.0 Å². The van der Waals surface area contributed by atoms with E-state index < -0.39 is 6.10 Å². The van der Waals surface area contributed by atoms with Crippen molar-refractivity contribution in [1.29, 1.82) is 0 Å². The maximum Gasteiger partial charge on any atom is 0.120 e. The minimum absolute atomic E-state index is 0.367. The molecule has 1 atom stereocenters. The molecule has 0 saturated heterocycles. The third kappa shape index (κ3) is 3.35. The first-order chi connectivity index (χ1) is 9.63. The van der Waals surface area contributed by atoms with Gasteiger partial charge >= 0.3 is 0 Å². The highest BCUT2D eigenvalue weighted by Gasteiger charge is 2.24. The number of rotatable bonds is 4. The van der Waals surface area contributed by atoms with Crippen LogP contribution in [0.1, 0.15) is 30.1 Å². The minimum atomic E-state index is -0.651. The van der Waals surface area contributed by atoms with E-state index in [2.05, 4.69) is 38.5 Å². The highest BCUT2D eigenvalue weighted by Crippen LogP contribution is 2.33. The molecule has 20 heavy (non-hydrogen) atoms. The SMILES string of the molecule is OC(c1cccc(OC2CC2)c1)c1cc(I)ccc1Br. The molecular weight excluding hydrogens is 431 g/mol. The molecule has 1 aliphatic rings. The Morgan fingerprint density at radius 3 is 2.75 bits per heavy atom. The molecule has 3 rings (SSSR count). The predicted molar refractivity (Wildman–Crippen MR) is 91.0 cm³/mol. The Morgan fingerprint density at radius 2 is 2.00 bits per heavy atom. The van der Waals surface area contributed by atoms with Gasteiger partial charge in [-0.1, -0.05) is 28.1 Å². The monoisotopic (exact) mass is 444 g/mol. The van der Waals surface area contributed by atoms with Crippen molar-refractivity contribution in [2.24, 2.45) is 0 Å². The lowest BCUT2D eigenvalue weighted by molar-refractivity contribution is 0.218. The van der Waals surface area contributed by atoms with Gasteiger partial charge in [-0.25, -0.2) is 0 Å². The molecule has 0 bridgehead atoms. The van der Waals surface area contributed by atoms with Crippen LogP contribution >= 0.6 is 38.5 Å². The average Bonchev–Trinajstić information content (AvgIpc) is 3.25.